The molecule has 3 heteroatoms. The summed E-state index contributed by atoms with van der Waals surface area (Å²) in [7, 11) is -1.51. The second kappa shape index (κ2) is 6.10. The number of rotatable bonds is 3. The van der Waals surface area contributed by atoms with Gasteiger partial charge in [-0.05, 0) is 47.9 Å². The maximum Gasteiger partial charge on any atom is 0.144 e. The van der Waals surface area contributed by atoms with Crippen molar-refractivity contribution in [3.63, 3.8) is 0 Å². The monoisotopic (exact) mass is 359 g/mol. The lowest BCUT2D eigenvalue weighted by molar-refractivity contribution is 0.670. The van der Waals surface area contributed by atoms with Crippen LogP contribution in [0.1, 0.15) is 18.1 Å². The molecule has 0 unspecified atom stereocenters. The van der Waals surface area contributed by atoms with Crippen molar-refractivity contribution >= 4 is 35.2 Å². The van der Waals surface area contributed by atoms with Crippen molar-refractivity contribution in [1.29, 1.82) is 0 Å². The minimum Gasteiger partial charge on any atom is -0.455 e. The lowest BCUT2D eigenvalue weighted by Crippen LogP contribution is -2.37. The Morgan fingerprint density at radius 2 is 1.77 bits per heavy atom. The molecule has 132 valence electrons. The number of aryl methyl sites for hydroxylation is 1. The quantitative estimate of drug-likeness (QED) is 0.415. The molecule has 0 saturated carbocycles. The zero-order chi connectivity index (χ0) is 18.5. The van der Waals surface area contributed by atoms with Gasteiger partial charge >= 0.3 is 0 Å². The smallest absolute Gasteiger partial charge is 0.144 e. The van der Waals surface area contributed by atoms with E-state index in [-0.39, 0.29) is 0 Å². The molecule has 0 aliphatic rings. The average Bonchev–Trinajstić information content (AvgIpc) is 3.00. The molecule has 2 aromatic heterocycles. The minimum atomic E-state index is -1.51. The molecule has 2 heterocycles. The first-order valence-corrected chi connectivity index (χ1v) is 12.8. The van der Waals surface area contributed by atoms with Crippen molar-refractivity contribution in [3.8, 4) is 11.3 Å². The van der Waals surface area contributed by atoms with Gasteiger partial charge in [0.15, 0.2) is 0 Å². The summed E-state index contributed by atoms with van der Waals surface area (Å²) in [6.45, 7) is 11.5. The summed E-state index contributed by atoms with van der Waals surface area (Å²) >= 11 is 0. The van der Waals surface area contributed by atoms with Crippen molar-refractivity contribution < 1.29 is 4.42 Å². The molecule has 0 saturated heterocycles. The van der Waals surface area contributed by atoms with Crippen molar-refractivity contribution in [2.24, 2.45) is 0 Å². The van der Waals surface area contributed by atoms with Crippen LogP contribution in [0.25, 0.3) is 33.2 Å². The van der Waals surface area contributed by atoms with Gasteiger partial charge in [-0.3, -0.25) is 4.98 Å². The Bertz CT molecular complexity index is 1120. The Morgan fingerprint density at radius 3 is 2.50 bits per heavy atom. The summed E-state index contributed by atoms with van der Waals surface area (Å²) in [4.78, 5) is 4.72. The fourth-order valence-corrected chi connectivity index (χ4v) is 5.45. The van der Waals surface area contributed by atoms with Gasteiger partial charge in [-0.2, -0.15) is 0 Å². The highest BCUT2D eigenvalue weighted by Crippen LogP contribution is 2.36. The highest BCUT2D eigenvalue weighted by Gasteiger charge is 2.25. The molecule has 0 aliphatic heterocycles. The molecule has 0 atom stereocenters. The second-order valence-corrected chi connectivity index (χ2v) is 13.0. The van der Waals surface area contributed by atoms with E-state index < -0.39 is 8.07 Å². The van der Waals surface area contributed by atoms with Crippen LogP contribution >= 0.6 is 0 Å². The summed E-state index contributed by atoms with van der Waals surface area (Å²) in [5.41, 5.74) is 6.67. The molecule has 0 N–H and O–H groups in total. The molecule has 2 aromatic carbocycles. The fourth-order valence-electron chi connectivity index (χ4n) is 3.87. The average molecular weight is 360 g/mol. The molecule has 0 amide bonds. The number of para-hydroxylation sites is 1. The molecule has 2 nitrogen and oxygen atoms in total. The maximum atomic E-state index is 6.38. The summed E-state index contributed by atoms with van der Waals surface area (Å²) in [5.74, 6) is 0. The SMILES string of the molecule is CCc1ccnc(-c2ccc([Si](C)(C)C)c3c2oc2ccccc23)c1C. The standard InChI is InChI=1S/C23H25NOSi/c1-6-16-13-14-24-22(15(16)2)18-11-12-20(26(3,4)5)21-17-9-7-8-10-19(17)25-23(18)21/h7-14H,6H2,1-5H3. The van der Waals surface area contributed by atoms with Crippen molar-refractivity contribution in [1.82, 2.24) is 4.98 Å². The van der Waals surface area contributed by atoms with Crippen LogP contribution in [0.5, 0.6) is 0 Å². The third-order valence-electron chi connectivity index (χ3n) is 5.29. The molecule has 0 aliphatic carbocycles. The van der Waals surface area contributed by atoms with Gasteiger partial charge in [0, 0.05) is 22.5 Å². The molecule has 4 rings (SSSR count). The van der Waals surface area contributed by atoms with Crippen LogP contribution in [0.3, 0.4) is 0 Å². The van der Waals surface area contributed by atoms with Crippen LogP contribution in [0, 0.1) is 6.92 Å². The number of aromatic nitrogens is 1. The van der Waals surface area contributed by atoms with E-state index in [0.717, 1.165) is 28.8 Å². The van der Waals surface area contributed by atoms with E-state index >= 15 is 0 Å². The van der Waals surface area contributed by atoms with E-state index in [1.165, 1.54) is 27.1 Å². The number of furan rings is 1. The minimum absolute atomic E-state index is 0.957. The first kappa shape index (κ1) is 17.0. The Balaban J connectivity index is 2.14. The fraction of sp³-hybridized carbons (Fsp3) is 0.261. The van der Waals surface area contributed by atoms with Crippen LogP contribution in [0.4, 0.5) is 0 Å². The zero-order valence-electron chi connectivity index (χ0n) is 16.2. The first-order valence-electron chi connectivity index (χ1n) is 9.31. The van der Waals surface area contributed by atoms with E-state index in [0.29, 0.717) is 0 Å². The summed E-state index contributed by atoms with van der Waals surface area (Å²) in [5, 5.41) is 3.94. The van der Waals surface area contributed by atoms with E-state index in [1.54, 1.807) is 0 Å². The highest BCUT2D eigenvalue weighted by atomic mass is 28.3. The van der Waals surface area contributed by atoms with Crippen LogP contribution in [-0.4, -0.2) is 13.1 Å². The van der Waals surface area contributed by atoms with Crippen molar-refractivity contribution in [2.75, 3.05) is 0 Å². The normalized spacial score (nSPS) is 12.2. The van der Waals surface area contributed by atoms with E-state index in [9.17, 15) is 0 Å². The number of pyridine rings is 1. The van der Waals surface area contributed by atoms with Gasteiger partial charge in [-0.1, -0.05) is 50.8 Å². The zero-order valence-corrected chi connectivity index (χ0v) is 17.2. The predicted molar refractivity (Wildman–Crippen MR) is 114 cm³/mol. The van der Waals surface area contributed by atoms with Gasteiger partial charge in [0.05, 0.1) is 13.8 Å². The maximum absolute atomic E-state index is 6.38. The van der Waals surface area contributed by atoms with E-state index in [1.807, 2.05) is 12.3 Å². The van der Waals surface area contributed by atoms with Crippen LogP contribution in [-0.2, 0) is 6.42 Å². The lowest BCUT2D eigenvalue weighted by atomic mass is 9.99. The number of benzene rings is 2. The van der Waals surface area contributed by atoms with Gasteiger partial charge in [-0.25, -0.2) is 0 Å². The third-order valence-corrected chi connectivity index (χ3v) is 7.32. The number of hydrogen-bond acceptors (Lipinski definition) is 2. The Morgan fingerprint density at radius 1 is 1.00 bits per heavy atom. The van der Waals surface area contributed by atoms with Gasteiger partial charge in [-0.15, -0.1) is 0 Å². The van der Waals surface area contributed by atoms with Gasteiger partial charge < -0.3 is 4.42 Å². The van der Waals surface area contributed by atoms with Crippen LogP contribution < -0.4 is 5.19 Å². The topological polar surface area (TPSA) is 26.0 Å². The molecule has 0 radical (unpaired) electrons. The third kappa shape index (κ3) is 2.58. The van der Waals surface area contributed by atoms with E-state index in [2.05, 4.69) is 69.9 Å². The van der Waals surface area contributed by atoms with Gasteiger partial charge in [0.1, 0.15) is 11.2 Å². The molecule has 0 spiro atoms. The predicted octanol–water partition coefficient (Wildman–Crippen LogP) is 6.06. The molecule has 0 fully saturated rings. The van der Waals surface area contributed by atoms with Crippen LogP contribution in [0.15, 0.2) is 53.1 Å². The van der Waals surface area contributed by atoms with Gasteiger partial charge in [0.2, 0.25) is 0 Å². The Labute approximate surface area is 155 Å². The van der Waals surface area contributed by atoms with Crippen LogP contribution in [0.2, 0.25) is 19.6 Å². The number of hydrogen-bond donors (Lipinski definition) is 0. The largest absolute Gasteiger partial charge is 0.455 e. The number of fused-ring (bicyclic) bond motifs is 3. The second-order valence-electron chi connectivity index (χ2n) is 8.01. The van der Waals surface area contributed by atoms with E-state index in [4.69, 9.17) is 9.40 Å². The summed E-state index contributed by atoms with van der Waals surface area (Å²) < 4.78 is 6.38. The lowest BCUT2D eigenvalue weighted by Gasteiger charge is -2.19. The van der Waals surface area contributed by atoms with Crippen molar-refractivity contribution in [2.45, 2.75) is 39.9 Å². The Hall–Kier alpha value is -2.39. The molecule has 26 heavy (non-hydrogen) atoms. The molecular formula is C23H25NOSi. The Kier molecular flexibility index (Phi) is 4.00. The van der Waals surface area contributed by atoms with Gasteiger partial charge in [0.25, 0.3) is 0 Å². The summed E-state index contributed by atoms with van der Waals surface area (Å²) in [6.07, 6.45) is 2.93. The first-order chi connectivity index (χ1) is 12.4. The molecule has 4 aromatic rings. The molecular weight excluding hydrogens is 334 g/mol. The number of nitrogens with zero attached hydrogens (tertiary/aromatic N) is 1. The van der Waals surface area contributed by atoms with Crippen molar-refractivity contribution in [3.05, 3.63) is 59.8 Å². The molecule has 0 bridgehead atoms. The summed E-state index contributed by atoms with van der Waals surface area (Å²) in [6, 6.07) is 15.0. The highest BCUT2D eigenvalue weighted by molar-refractivity contribution is 6.90.